The van der Waals surface area contributed by atoms with E-state index in [1.165, 1.54) is 5.57 Å². The van der Waals surface area contributed by atoms with Crippen molar-refractivity contribution >= 4 is 23.9 Å². The number of carbonyl (C=O) groups is 4. The van der Waals surface area contributed by atoms with Gasteiger partial charge in [0.25, 0.3) is 0 Å². The number of carboxylic acid groups (broad SMARTS) is 1. The molecule has 4 N–H and O–H groups in total. The molecule has 0 saturated carbocycles. The van der Waals surface area contributed by atoms with Gasteiger partial charge in [-0.3, -0.25) is 4.79 Å². The van der Waals surface area contributed by atoms with Gasteiger partial charge >= 0.3 is 41.7 Å². The molecule has 4 aliphatic heterocycles. The molecule has 0 bridgehead atoms. The Labute approximate surface area is 310 Å². The van der Waals surface area contributed by atoms with Crippen molar-refractivity contribution in [3.05, 3.63) is 24.3 Å². The number of hydrogen-bond donors (Lipinski definition) is 3. The van der Waals surface area contributed by atoms with Gasteiger partial charge in [-0.25, -0.2) is 9.59 Å². The molecule has 0 spiro atoms. The van der Waals surface area contributed by atoms with Gasteiger partial charge in [-0.2, -0.15) is 0 Å². The molecule has 0 aromatic carbocycles. The van der Waals surface area contributed by atoms with Crippen molar-refractivity contribution in [2.45, 2.75) is 129 Å². The second-order valence-electron chi connectivity index (χ2n) is 15.1. The van der Waals surface area contributed by atoms with E-state index in [1.54, 1.807) is 9.80 Å². The molecule has 2 atom stereocenters. The van der Waals surface area contributed by atoms with Gasteiger partial charge < -0.3 is 45.5 Å². The SMILES string of the molecule is C=C1CC[C@@H](C(=O)CC2CCN(C(=O)OC(C)(C)C)CC2)NC1.C=C1CC[C@@H](C(=O)[O-])NC1.CC(C)(C)OC(=O)N1CCC(N)CC1.[Na+]. The van der Waals surface area contributed by atoms with Crippen molar-refractivity contribution in [1.82, 2.24) is 20.4 Å². The van der Waals surface area contributed by atoms with Gasteiger partial charge in [-0.1, -0.05) is 24.3 Å². The molecule has 0 unspecified atom stereocenters. The zero-order chi connectivity index (χ0) is 35.4. The number of amides is 2. The Balaban J connectivity index is 0.000000392. The maximum absolute atomic E-state index is 12.4. The molecule has 4 aliphatic rings. The van der Waals surface area contributed by atoms with E-state index in [0.29, 0.717) is 44.2 Å². The van der Waals surface area contributed by atoms with Crippen molar-refractivity contribution in [2.75, 3.05) is 39.3 Å². The Hall–Kier alpha value is -1.96. The Morgan fingerprint density at radius 3 is 1.50 bits per heavy atom. The Bertz CT molecular complexity index is 1070. The summed E-state index contributed by atoms with van der Waals surface area (Å²) < 4.78 is 10.7. The van der Waals surface area contributed by atoms with Crippen molar-refractivity contribution in [3.8, 4) is 0 Å². The third-order valence-corrected chi connectivity index (χ3v) is 8.39. The van der Waals surface area contributed by atoms with Gasteiger partial charge in [-0.05, 0) is 98.8 Å². The number of piperidine rings is 4. The van der Waals surface area contributed by atoms with E-state index in [-0.39, 0.29) is 53.8 Å². The molecule has 268 valence electrons. The van der Waals surface area contributed by atoms with Gasteiger partial charge in [0.15, 0.2) is 0 Å². The third kappa shape index (κ3) is 17.6. The maximum atomic E-state index is 12.4. The summed E-state index contributed by atoms with van der Waals surface area (Å²) in [7, 11) is 0. The van der Waals surface area contributed by atoms with E-state index in [1.807, 2.05) is 41.5 Å². The summed E-state index contributed by atoms with van der Waals surface area (Å²) in [5.41, 5.74) is 7.13. The fourth-order valence-corrected chi connectivity index (χ4v) is 5.57. The van der Waals surface area contributed by atoms with Crippen molar-refractivity contribution in [2.24, 2.45) is 11.7 Å². The molecular weight excluding hydrogens is 625 g/mol. The van der Waals surface area contributed by atoms with E-state index >= 15 is 0 Å². The maximum Gasteiger partial charge on any atom is 1.00 e. The zero-order valence-electron chi connectivity index (χ0n) is 30.7. The quantitative estimate of drug-likeness (QED) is 0.277. The second kappa shape index (κ2) is 20.7. The van der Waals surface area contributed by atoms with Crippen LogP contribution in [0, 0.1) is 5.92 Å². The van der Waals surface area contributed by atoms with Crippen LogP contribution in [0.1, 0.15) is 99.3 Å². The summed E-state index contributed by atoms with van der Waals surface area (Å²) in [5, 5.41) is 16.3. The van der Waals surface area contributed by atoms with Crippen molar-refractivity contribution < 1.29 is 63.3 Å². The fourth-order valence-electron chi connectivity index (χ4n) is 5.57. The molecule has 4 rings (SSSR count). The van der Waals surface area contributed by atoms with E-state index in [0.717, 1.165) is 70.2 Å². The molecule has 0 aliphatic carbocycles. The molecule has 48 heavy (non-hydrogen) atoms. The largest absolute Gasteiger partial charge is 1.00 e. The first-order chi connectivity index (χ1) is 21.8. The normalized spacial score (nSPS) is 22.6. The predicted molar refractivity (Wildman–Crippen MR) is 181 cm³/mol. The van der Waals surface area contributed by atoms with Crippen LogP contribution in [-0.4, -0.2) is 102 Å². The fraction of sp³-hybridized carbons (Fsp3) is 0.771. The third-order valence-electron chi connectivity index (χ3n) is 8.39. The van der Waals surface area contributed by atoms with Crippen LogP contribution in [0.4, 0.5) is 9.59 Å². The molecule has 4 saturated heterocycles. The summed E-state index contributed by atoms with van der Waals surface area (Å²) >= 11 is 0. The van der Waals surface area contributed by atoms with E-state index in [4.69, 9.17) is 15.2 Å². The molecule has 0 aromatic heterocycles. The molecule has 4 fully saturated rings. The van der Waals surface area contributed by atoms with E-state index in [9.17, 15) is 24.3 Å². The number of nitrogens with zero attached hydrogens (tertiary/aromatic N) is 2. The molecule has 12 nitrogen and oxygen atoms in total. The number of nitrogens with two attached hydrogens (primary N) is 1. The topological polar surface area (TPSA) is 166 Å². The van der Waals surface area contributed by atoms with Crippen LogP contribution in [0.25, 0.3) is 0 Å². The predicted octanol–water partition coefficient (Wildman–Crippen LogP) is 0.294. The summed E-state index contributed by atoms with van der Waals surface area (Å²) in [6.45, 7) is 23.1. The first-order valence-corrected chi connectivity index (χ1v) is 17.1. The summed E-state index contributed by atoms with van der Waals surface area (Å²) in [5.74, 6) is -0.311. The molecular formula is C35H60N5NaO7. The molecule has 2 amide bonds. The van der Waals surface area contributed by atoms with Crippen LogP contribution < -0.4 is 51.0 Å². The molecule has 13 heteroatoms. The number of carbonyl (C=O) groups excluding carboxylic acids is 4. The van der Waals surface area contributed by atoms with Crippen LogP contribution in [-0.2, 0) is 19.1 Å². The standard InChI is InChI=1S/C18H30N2O3.C10H20N2O2.C7H11NO2.Na/c1-13-5-6-15(19-12-13)16(21)11-14-7-9-20(10-8-14)17(22)23-18(2,3)4;1-10(2,3)14-9(13)12-6-4-8(11)5-7-12;1-5-2-3-6(7(9)10)8-4-5;/h14-15,19H,1,5-12H2,2-4H3;8H,4-7,11H2,1-3H3;6,8H,1-4H2,(H,9,10);/q;;;+1/p-1/t15-;;6-;/m0.0./s1. The average Bonchev–Trinajstić information content (AvgIpc) is 2.97. The molecule has 0 aromatic rings. The number of rotatable bonds is 4. The van der Waals surface area contributed by atoms with Crippen molar-refractivity contribution in [1.29, 1.82) is 0 Å². The van der Waals surface area contributed by atoms with E-state index in [2.05, 4.69) is 23.8 Å². The van der Waals surface area contributed by atoms with Gasteiger partial charge in [0.05, 0.1) is 12.0 Å². The van der Waals surface area contributed by atoms with Gasteiger partial charge in [0.2, 0.25) is 0 Å². The average molecular weight is 686 g/mol. The van der Waals surface area contributed by atoms with Crippen LogP contribution in [0.5, 0.6) is 0 Å². The minimum absolute atomic E-state index is 0. The number of ether oxygens (including phenoxy) is 2. The number of nitrogens with one attached hydrogen (secondary N) is 2. The number of ketones is 1. The minimum Gasteiger partial charge on any atom is -0.548 e. The van der Waals surface area contributed by atoms with Crippen LogP contribution in [0.2, 0.25) is 0 Å². The summed E-state index contributed by atoms with van der Waals surface area (Å²) in [6, 6.07) is -0.233. The monoisotopic (exact) mass is 685 g/mol. The number of carboxylic acids is 1. The number of Topliss-reactive ketones (excluding diaryl/α,β-unsaturated/α-hetero) is 1. The summed E-state index contributed by atoms with van der Waals surface area (Å²) in [6.07, 6.45) is 6.89. The first-order valence-electron chi connectivity index (χ1n) is 17.1. The Morgan fingerprint density at radius 1 is 0.750 bits per heavy atom. The van der Waals surface area contributed by atoms with E-state index < -0.39 is 23.2 Å². The number of hydrogen-bond acceptors (Lipinski definition) is 10. The van der Waals surface area contributed by atoms with Crippen LogP contribution in [0.15, 0.2) is 24.3 Å². The van der Waals surface area contributed by atoms with Crippen LogP contribution >= 0.6 is 0 Å². The van der Waals surface area contributed by atoms with Gasteiger partial charge in [0.1, 0.15) is 17.0 Å². The first kappa shape index (κ1) is 44.1. The smallest absolute Gasteiger partial charge is 0.548 e. The van der Waals surface area contributed by atoms with Gasteiger partial charge in [0, 0.05) is 57.8 Å². The zero-order valence-corrected chi connectivity index (χ0v) is 32.7. The van der Waals surface area contributed by atoms with Crippen molar-refractivity contribution in [3.63, 3.8) is 0 Å². The number of aliphatic carboxylic acids is 1. The van der Waals surface area contributed by atoms with Crippen LogP contribution in [0.3, 0.4) is 0 Å². The Kier molecular flexibility index (Phi) is 19.0. The minimum atomic E-state index is -1.01. The molecule has 0 radical (unpaired) electrons. The molecule has 4 heterocycles. The second-order valence-corrected chi connectivity index (χ2v) is 15.1. The summed E-state index contributed by atoms with van der Waals surface area (Å²) in [4.78, 5) is 49.7. The Morgan fingerprint density at radius 2 is 1.15 bits per heavy atom. The van der Waals surface area contributed by atoms with Gasteiger partial charge in [-0.15, -0.1) is 0 Å². The number of likely N-dealkylation sites (tertiary alicyclic amines) is 2.